The maximum Gasteiger partial charge on any atom is 0.306 e. The van der Waals surface area contributed by atoms with Gasteiger partial charge >= 0.3 is 5.97 Å². The zero-order valence-electron chi connectivity index (χ0n) is 19.8. The van der Waals surface area contributed by atoms with E-state index in [1.807, 2.05) is 12.1 Å². The van der Waals surface area contributed by atoms with Crippen LogP contribution in [0.4, 0.5) is 0 Å². The fourth-order valence-electron chi connectivity index (χ4n) is 3.37. The first-order valence-electron chi connectivity index (χ1n) is 11.0. The minimum absolute atomic E-state index is 0. The second-order valence-corrected chi connectivity index (χ2v) is 10.0. The molecular weight excluding hydrogens is 380 g/mol. The van der Waals surface area contributed by atoms with Crippen LogP contribution in [0.2, 0.25) is 0 Å². The van der Waals surface area contributed by atoms with Crippen LogP contribution in [0.5, 0.6) is 5.75 Å². The summed E-state index contributed by atoms with van der Waals surface area (Å²) in [5.41, 5.74) is 2.66. The van der Waals surface area contributed by atoms with Gasteiger partial charge in [-0.25, -0.2) is 0 Å². The molecule has 0 aromatic heterocycles. The van der Waals surface area contributed by atoms with E-state index < -0.39 is 0 Å². The summed E-state index contributed by atoms with van der Waals surface area (Å²) in [6.07, 6.45) is 8.16. The number of phenols is 1. The molecule has 0 spiro atoms. The van der Waals surface area contributed by atoms with Crippen LogP contribution in [0, 0.1) is 0 Å². The average molecular weight is 425 g/mol. The van der Waals surface area contributed by atoms with Crippen LogP contribution in [-0.2, 0) is 26.8 Å². The fraction of sp³-hybridized carbons (Fsp3) is 0.720. The van der Waals surface area contributed by atoms with Crippen molar-refractivity contribution in [1.82, 2.24) is 0 Å². The third-order valence-corrected chi connectivity index (χ3v) is 5.16. The van der Waals surface area contributed by atoms with E-state index in [2.05, 4.69) is 48.5 Å². The number of ether oxygens (including phenoxy) is 1. The molecule has 4 heteroatoms. The van der Waals surface area contributed by atoms with Gasteiger partial charge in [0.2, 0.25) is 0 Å². The second kappa shape index (κ2) is 12.5. The largest absolute Gasteiger partial charge is 0.507 e. The summed E-state index contributed by atoms with van der Waals surface area (Å²) < 4.78 is 5.40. The summed E-state index contributed by atoms with van der Waals surface area (Å²) in [5.74, 6) is 0.255. The molecule has 1 aromatic carbocycles. The third kappa shape index (κ3) is 9.93. The van der Waals surface area contributed by atoms with E-state index in [0.717, 1.165) is 29.5 Å². The highest BCUT2D eigenvalue weighted by atomic mass is 32.1. The van der Waals surface area contributed by atoms with Gasteiger partial charge in [-0.1, -0.05) is 92.7 Å². The Balaban J connectivity index is 0.00000784. The van der Waals surface area contributed by atoms with E-state index in [1.54, 1.807) is 0 Å². The number of benzene rings is 1. The number of hydrogen-bond donors (Lipinski definition) is 1. The molecule has 29 heavy (non-hydrogen) atoms. The third-order valence-electron chi connectivity index (χ3n) is 5.16. The first kappa shape index (κ1) is 27.8. The zero-order chi connectivity index (χ0) is 21.4. The molecule has 3 nitrogen and oxygen atoms in total. The van der Waals surface area contributed by atoms with E-state index in [4.69, 9.17) is 4.74 Å². The monoisotopic (exact) mass is 424 g/mol. The van der Waals surface area contributed by atoms with E-state index >= 15 is 0 Å². The van der Waals surface area contributed by atoms with Crippen molar-refractivity contribution in [1.29, 1.82) is 0 Å². The number of aryl methyl sites for hydroxylation is 1. The average Bonchev–Trinajstić information content (AvgIpc) is 2.58. The second-order valence-electron chi connectivity index (χ2n) is 10.0. The molecule has 0 amide bonds. The Kier molecular flexibility index (Phi) is 12.0. The number of aromatic hydroxyl groups is 1. The smallest absolute Gasteiger partial charge is 0.306 e. The normalized spacial score (nSPS) is 11.8. The van der Waals surface area contributed by atoms with Crippen molar-refractivity contribution in [2.45, 2.75) is 111 Å². The highest BCUT2D eigenvalue weighted by molar-refractivity contribution is 7.59. The van der Waals surface area contributed by atoms with Crippen molar-refractivity contribution < 1.29 is 14.6 Å². The quantitative estimate of drug-likeness (QED) is 0.327. The summed E-state index contributed by atoms with van der Waals surface area (Å²) in [5, 5.41) is 10.8. The number of carbonyl (C=O) groups is 1. The lowest BCUT2D eigenvalue weighted by Gasteiger charge is -2.28. The standard InChI is InChI=1S/C25H42O3.H2S/c1-8-9-10-11-12-13-16-28-22(26)15-14-19-17-20(24(2,3)4)23(27)21(18-19)25(5,6)7;/h17-18,27H,8-16H2,1-7H3;1H2. The van der Waals surface area contributed by atoms with Crippen molar-refractivity contribution in [3.05, 3.63) is 28.8 Å². The molecule has 0 saturated heterocycles. The molecule has 0 saturated carbocycles. The SMILES string of the molecule is CCCCCCCCOC(=O)CCc1cc(C(C)(C)C)c(O)c(C(C)(C)C)c1.S. The summed E-state index contributed by atoms with van der Waals surface area (Å²) in [6, 6.07) is 4.09. The molecule has 0 atom stereocenters. The first-order valence-corrected chi connectivity index (χ1v) is 11.0. The van der Waals surface area contributed by atoms with Crippen LogP contribution in [0.1, 0.15) is 110 Å². The van der Waals surface area contributed by atoms with Gasteiger partial charge < -0.3 is 9.84 Å². The van der Waals surface area contributed by atoms with Gasteiger partial charge in [0.25, 0.3) is 0 Å². The van der Waals surface area contributed by atoms with Crippen molar-refractivity contribution >= 4 is 19.5 Å². The highest BCUT2D eigenvalue weighted by Crippen LogP contribution is 2.39. The Morgan fingerprint density at radius 3 is 1.86 bits per heavy atom. The summed E-state index contributed by atoms with van der Waals surface area (Å²) in [7, 11) is 0. The molecule has 1 aromatic rings. The Bertz CT molecular complexity index is 589. The van der Waals surface area contributed by atoms with Crippen molar-refractivity contribution in [3.63, 3.8) is 0 Å². The topological polar surface area (TPSA) is 46.5 Å². The van der Waals surface area contributed by atoms with Crippen LogP contribution in [0.3, 0.4) is 0 Å². The molecule has 0 radical (unpaired) electrons. The number of phenolic OH excluding ortho intramolecular Hbond substituents is 1. The summed E-state index contributed by atoms with van der Waals surface area (Å²) in [4.78, 5) is 12.1. The molecule has 0 aliphatic heterocycles. The minimum Gasteiger partial charge on any atom is -0.507 e. The number of esters is 1. The maximum absolute atomic E-state index is 12.1. The number of hydrogen-bond acceptors (Lipinski definition) is 3. The molecule has 1 N–H and O–H groups in total. The summed E-state index contributed by atoms with van der Waals surface area (Å²) in [6.45, 7) is 15.4. The van der Waals surface area contributed by atoms with Crippen LogP contribution in [0.25, 0.3) is 0 Å². The Morgan fingerprint density at radius 1 is 0.897 bits per heavy atom. The molecule has 0 aliphatic rings. The molecule has 0 unspecified atom stereocenters. The van der Waals surface area contributed by atoms with Crippen LogP contribution >= 0.6 is 13.5 Å². The Hall–Kier alpha value is -1.16. The number of rotatable bonds is 10. The maximum atomic E-state index is 12.1. The van der Waals surface area contributed by atoms with Crippen molar-refractivity contribution in [2.24, 2.45) is 0 Å². The molecule has 0 heterocycles. The van der Waals surface area contributed by atoms with E-state index in [9.17, 15) is 9.90 Å². The Morgan fingerprint density at radius 2 is 1.38 bits per heavy atom. The predicted octanol–water partition coefficient (Wildman–Crippen LogP) is 6.94. The lowest BCUT2D eigenvalue weighted by Crippen LogP contribution is -2.18. The summed E-state index contributed by atoms with van der Waals surface area (Å²) >= 11 is 0. The van der Waals surface area contributed by atoms with E-state index in [-0.39, 0.29) is 30.3 Å². The van der Waals surface area contributed by atoms with E-state index in [0.29, 0.717) is 25.2 Å². The first-order chi connectivity index (χ1) is 13.0. The fourth-order valence-corrected chi connectivity index (χ4v) is 3.37. The Labute approximate surface area is 186 Å². The number of unbranched alkanes of at least 4 members (excludes halogenated alkanes) is 5. The van der Waals surface area contributed by atoms with Crippen molar-refractivity contribution in [2.75, 3.05) is 6.61 Å². The van der Waals surface area contributed by atoms with Gasteiger partial charge in [-0.05, 0) is 40.4 Å². The minimum atomic E-state index is -0.154. The zero-order valence-corrected chi connectivity index (χ0v) is 20.8. The van der Waals surface area contributed by atoms with Gasteiger partial charge in [-0.3, -0.25) is 4.79 Å². The van der Waals surface area contributed by atoms with Crippen LogP contribution < -0.4 is 0 Å². The van der Waals surface area contributed by atoms with Gasteiger partial charge in [0.05, 0.1) is 6.61 Å². The molecule has 0 aliphatic carbocycles. The van der Waals surface area contributed by atoms with Crippen LogP contribution in [0.15, 0.2) is 12.1 Å². The predicted molar refractivity (Wildman–Crippen MR) is 129 cm³/mol. The number of carbonyl (C=O) groups excluding carboxylic acids is 1. The molecule has 168 valence electrons. The lowest BCUT2D eigenvalue weighted by atomic mass is 9.78. The van der Waals surface area contributed by atoms with Gasteiger partial charge in [-0.2, -0.15) is 13.5 Å². The van der Waals surface area contributed by atoms with Crippen LogP contribution in [-0.4, -0.2) is 17.7 Å². The van der Waals surface area contributed by atoms with Gasteiger partial charge in [0, 0.05) is 6.42 Å². The van der Waals surface area contributed by atoms with E-state index in [1.165, 1.54) is 25.7 Å². The van der Waals surface area contributed by atoms with Gasteiger partial charge in [-0.15, -0.1) is 0 Å². The molecular formula is C25H44O3S. The molecule has 0 bridgehead atoms. The molecule has 1 rings (SSSR count). The van der Waals surface area contributed by atoms with Crippen molar-refractivity contribution in [3.8, 4) is 5.75 Å². The lowest BCUT2D eigenvalue weighted by molar-refractivity contribution is -0.143. The van der Waals surface area contributed by atoms with Gasteiger partial charge in [0.1, 0.15) is 5.75 Å². The van der Waals surface area contributed by atoms with Gasteiger partial charge in [0.15, 0.2) is 0 Å². The highest BCUT2D eigenvalue weighted by Gasteiger charge is 2.26. The molecule has 0 fully saturated rings.